The predicted octanol–water partition coefficient (Wildman–Crippen LogP) is 2.49. The van der Waals surface area contributed by atoms with E-state index in [-0.39, 0.29) is 0 Å². The molecule has 1 saturated heterocycles. The van der Waals surface area contributed by atoms with Gasteiger partial charge < -0.3 is 4.74 Å². The summed E-state index contributed by atoms with van der Waals surface area (Å²) < 4.78 is 43.0. The fourth-order valence-electron chi connectivity index (χ4n) is 2.13. The number of carbonyl (C=O) groups is 1. The standard InChI is InChI=1S/C13H19F3N2O2/c1-12(2,3)20-11(19)10-5-4-6-18(10)8-9(7-17)13(14,15)16/h9-10H,4-6,8H2,1-3H3/t9?,10-/m1/s1. The van der Waals surface area contributed by atoms with Gasteiger partial charge in [0.15, 0.2) is 5.92 Å². The van der Waals surface area contributed by atoms with Crippen LogP contribution >= 0.6 is 0 Å². The Bertz CT molecular complexity index is 396. The second-order valence-corrected chi connectivity index (χ2v) is 5.91. The largest absolute Gasteiger partial charge is 0.459 e. The Balaban J connectivity index is 2.71. The summed E-state index contributed by atoms with van der Waals surface area (Å²) in [4.78, 5) is 13.4. The van der Waals surface area contributed by atoms with Crippen molar-refractivity contribution >= 4 is 5.97 Å². The number of esters is 1. The van der Waals surface area contributed by atoms with Gasteiger partial charge >= 0.3 is 12.1 Å². The van der Waals surface area contributed by atoms with Crippen molar-refractivity contribution in [3.05, 3.63) is 0 Å². The van der Waals surface area contributed by atoms with Crippen LogP contribution in [0.25, 0.3) is 0 Å². The van der Waals surface area contributed by atoms with Gasteiger partial charge in [0.25, 0.3) is 0 Å². The van der Waals surface area contributed by atoms with Crippen LogP contribution in [-0.2, 0) is 9.53 Å². The average molecular weight is 292 g/mol. The SMILES string of the molecule is CC(C)(C)OC(=O)[C@H]1CCCN1CC(C#N)C(F)(F)F. The Hall–Kier alpha value is -1.29. The minimum atomic E-state index is -4.57. The lowest BCUT2D eigenvalue weighted by atomic mass is 10.1. The van der Waals surface area contributed by atoms with Gasteiger partial charge in [0, 0.05) is 6.54 Å². The normalized spacial score (nSPS) is 22.4. The lowest BCUT2D eigenvalue weighted by Gasteiger charge is -2.28. The average Bonchev–Trinajstić information content (AvgIpc) is 2.69. The molecule has 1 unspecified atom stereocenters. The summed E-state index contributed by atoms with van der Waals surface area (Å²) in [6, 6.07) is 0.570. The maximum absolute atomic E-state index is 12.6. The molecule has 1 aliphatic heterocycles. The van der Waals surface area contributed by atoms with Crippen molar-refractivity contribution in [1.82, 2.24) is 4.90 Å². The Morgan fingerprint density at radius 1 is 1.45 bits per heavy atom. The number of hydrogen-bond donors (Lipinski definition) is 0. The molecule has 0 aliphatic carbocycles. The molecule has 1 aliphatic rings. The van der Waals surface area contributed by atoms with Crippen LogP contribution < -0.4 is 0 Å². The van der Waals surface area contributed by atoms with Crippen LogP contribution in [0, 0.1) is 17.2 Å². The highest BCUT2D eigenvalue weighted by atomic mass is 19.4. The molecule has 0 N–H and O–H groups in total. The van der Waals surface area contributed by atoms with E-state index in [1.807, 2.05) is 0 Å². The maximum atomic E-state index is 12.6. The van der Waals surface area contributed by atoms with Crippen molar-refractivity contribution in [3.63, 3.8) is 0 Å². The Kier molecular flexibility index (Phi) is 5.03. The molecule has 114 valence electrons. The summed E-state index contributed by atoms with van der Waals surface area (Å²) >= 11 is 0. The van der Waals surface area contributed by atoms with Crippen molar-refractivity contribution < 1.29 is 22.7 Å². The molecular weight excluding hydrogens is 273 g/mol. The van der Waals surface area contributed by atoms with Crippen LogP contribution in [0.3, 0.4) is 0 Å². The summed E-state index contributed by atoms with van der Waals surface area (Å²) in [7, 11) is 0. The Morgan fingerprint density at radius 2 is 2.05 bits per heavy atom. The topological polar surface area (TPSA) is 53.3 Å². The molecule has 2 atom stereocenters. The fraction of sp³-hybridized carbons (Fsp3) is 0.846. The smallest absolute Gasteiger partial charge is 0.405 e. The maximum Gasteiger partial charge on any atom is 0.405 e. The van der Waals surface area contributed by atoms with Gasteiger partial charge in [-0.05, 0) is 40.2 Å². The van der Waals surface area contributed by atoms with Gasteiger partial charge in [-0.15, -0.1) is 0 Å². The molecule has 0 aromatic carbocycles. The summed E-state index contributed by atoms with van der Waals surface area (Å²) in [6.45, 7) is 5.01. The van der Waals surface area contributed by atoms with Gasteiger partial charge in [0.05, 0.1) is 6.07 Å². The zero-order chi connectivity index (χ0) is 15.6. The number of rotatable bonds is 3. The minimum Gasteiger partial charge on any atom is -0.459 e. The van der Waals surface area contributed by atoms with E-state index in [9.17, 15) is 18.0 Å². The molecule has 1 rings (SSSR count). The van der Waals surface area contributed by atoms with E-state index in [1.165, 1.54) is 11.0 Å². The molecule has 0 bridgehead atoms. The van der Waals surface area contributed by atoms with Crippen molar-refractivity contribution in [2.75, 3.05) is 13.1 Å². The molecule has 0 amide bonds. The third-order valence-electron chi connectivity index (χ3n) is 3.01. The molecule has 4 nitrogen and oxygen atoms in total. The molecule has 0 aromatic rings. The molecule has 1 heterocycles. The van der Waals surface area contributed by atoms with E-state index >= 15 is 0 Å². The fourth-order valence-corrected chi connectivity index (χ4v) is 2.13. The zero-order valence-electron chi connectivity index (χ0n) is 11.8. The highest BCUT2D eigenvalue weighted by Gasteiger charge is 2.44. The number of hydrogen-bond acceptors (Lipinski definition) is 4. The lowest BCUT2D eigenvalue weighted by molar-refractivity contribution is -0.171. The van der Waals surface area contributed by atoms with Crippen LogP contribution in [-0.4, -0.2) is 41.8 Å². The molecule has 20 heavy (non-hydrogen) atoms. The van der Waals surface area contributed by atoms with Crippen molar-refractivity contribution in [1.29, 1.82) is 5.26 Å². The summed E-state index contributed by atoms with van der Waals surface area (Å²) in [5, 5.41) is 8.62. The van der Waals surface area contributed by atoms with Crippen LogP contribution in [0.2, 0.25) is 0 Å². The monoisotopic (exact) mass is 292 g/mol. The number of nitrogens with zero attached hydrogens (tertiary/aromatic N) is 2. The molecule has 0 spiro atoms. The zero-order valence-corrected chi connectivity index (χ0v) is 11.8. The molecule has 7 heteroatoms. The van der Waals surface area contributed by atoms with E-state index in [0.717, 1.165) is 0 Å². The molecule has 0 aromatic heterocycles. The van der Waals surface area contributed by atoms with Gasteiger partial charge in [-0.2, -0.15) is 18.4 Å². The van der Waals surface area contributed by atoms with E-state index in [2.05, 4.69) is 0 Å². The molecule has 0 radical (unpaired) electrons. The quantitative estimate of drug-likeness (QED) is 0.750. The van der Waals surface area contributed by atoms with Crippen molar-refractivity contribution in [3.8, 4) is 6.07 Å². The van der Waals surface area contributed by atoms with E-state index in [4.69, 9.17) is 10.00 Å². The number of nitriles is 1. The first-order valence-corrected chi connectivity index (χ1v) is 6.48. The number of likely N-dealkylation sites (tertiary alicyclic amines) is 1. The lowest BCUT2D eigenvalue weighted by Crippen LogP contribution is -2.44. The number of carbonyl (C=O) groups excluding carboxylic acids is 1. The Labute approximate surface area is 116 Å². The first-order valence-electron chi connectivity index (χ1n) is 6.48. The van der Waals surface area contributed by atoms with Crippen molar-refractivity contribution in [2.45, 2.75) is 51.4 Å². The van der Waals surface area contributed by atoms with Crippen molar-refractivity contribution in [2.24, 2.45) is 5.92 Å². The minimum absolute atomic E-state index is 0.373. The molecule has 1 fully saturated rings. The Morgan fingerprint density at radius 3 is 2.50 bits per heavy atom. The predicted molar refractivity (Wildman–Crippen MR) is 65.6 cm³/mol. The van der Waals surface area contributed by atoms with E-state index < -0.39 is 36.3 Å². The van der Waals surface area contributed by atoms with Gasteiger partial charge in [-0.1, -0.05) is 0 Å². The second kappa shape index (κ2) is 6.00. The van der Waals surface area contributed by atoms with Gasteiger partial charge in [-0.3, -0.25) is 9.69 Å². The summed E-state index contributed by atoms with van der Waals surface area (Å²) in [6.07, 6.45) is -3.49. The highest BCUT2D eigenvalue weighted by Crippen LogP contribution is 2.29. The molecule has 0 saturated carbocycles. The van der Waals surface area contributed by atoms with Gasteiger partial charge in [-0.25, -0.2) is 0 Å². The van der Waals surface area contributed by atoms with Gasteiger partial charge in [0.2, 0.25) is 0 Å². The number of alkyl halides is 3. The van der Waals surface area contributed by atoms with Crippen LogP contribution in [0.15, 0.2) is 0 Å². The number of halogens is 3. The third kappa shape index (κ3) is 4.67. The second-order valence-electron chi connectivity index (χ2n) is 5.91. The van der Waals surface area contributed by atoms with Crippen LogP contribution in [0.1, 0.15) is 33.6 Å². The van der Waals surface area contributed by atoms with Gasteiger partial charge in [0.1, 0.15) is 11.6 Å². The van der Waals surface area contributed by atoms with E-state index in [1.54, 1.807) is 20.8 Å². The highest BCUT2D eigenvalue weighted by molar-refractivity contribution is 5.76. The van der Waals surface area contributed by atoms with Crippen LogP contribution in [0.4, 0.5) is 13.2 Å². The number of ether oxygens (including phenoxy) is 1. The third-order valence-corrected chi connectivity index (χ3v) is 3.01. The summed E-state index contributed by atoms with van der Waals surface area (Å²) in [5.41, 5.74) is -0.677. The first kappa shape index (κ1) is 16.8. The van der Waals surface area contributed by atoms with E-state index in [0.29, 0.717) is 19.4 Å². The molecular formula is C13H19F3N2O2. The first-order chi connectivity index (χ1) is 9.04. The summed E-state index contributed by atoms with van der Waals surface area (Å²) in [5.74, 6) is -2.60. The van der Waals surface area contributed by atoms with Crippen LogP contribution in [0.5, 0.6) is 0 Å².